The maximum Gasteiger partial charge on any atom is 0.253 e. The van der Waals surface area contributed by atoms with Crippen LogP contribution < -0.4 is 0 Å². The Morgan fingerprint density at radius 3 is 2.13 bits per heavy atom. The third-order valence-corrected chi connectivity index (χ3v) is 6.59. The zero-order valence-corrected chi connectivity index (χ0v) is 19.8. The van der Waals surface area contributed by atoms with Crippen LogP contribution in [0.25, 0.3) is 0 Å². The van der Waals surface area contributed by atoms with Gasteiger partial charge in [0.25, 0.3) is 5.91 Å². The molecule has 6 nitrogen and oxygen atoms in total. The Hall–Kier alpha value is -1.92. The normalized spacial score (nSPS) is 22.9. The molecular weight excluding hydrogens is 390 g/mol. The van der Waals surface area contributed by atoms with Gasteiger partial charge in [0.1, 0.15) is 0 Å². The van der Waals surface area contributed by atoms with Crippen LogP contribution in [0.2, 0.25) is 0 Å². The number of ether oxygens (including phenoxy) is 1. The lowest BCUT2D eigenvalue weighted by Gasteiger charge is -2.39. The molecule has 1 aromatic carbocycles. The first kappa shape index (κ1) is 23.7. The molecule has 2 amide bonds. The first-order valence-electron chi connectivity index (χ1n) is 11.8. The molecule has 0 aromatic heterocycles. The van der Waals surface area contributed by atoms with Gasteiger partial charge in [-0.2, -0.15) is 0 Å². The summed E-state index contributed by atoms with van der Waals surface area (Å²) in [4.78, 5) is 32.2. The summed E-state index contributed by atoms with van der Waals surface area (Å²) in [7, 11) is 0. The summed E-state index contributed by atoms with van der Waals surface area (Å²) < 4.78 is 5.75. The number of hydrogen-bond donors (Lipinski definition) is 0. The number of carbonyl (C=O) groups excluding carboxylic acids is 2. The van der Waals surface area contributed by atoms with E-state index in [1.165, 1.54) is 5.56 Å². The average Bonchev–Trinajstić information content (AvgIpc) is 2.76. The van der Waals surface area contributed by atoms with E-state index in [1.807, 2.05) is 35.8 Å². The van der Waals surface area contributed by atoms with Crippen LogP contribution in [-0.4, -0.2) is 77.5 Å². The van der Waals surface area contributed by atoms with Crippen molar-refractivity contribution in [3.8, 4) is 0 Å². The topological polar surface area (TPSA) is 53.1 Å². The second-order valence-electron chi connectivity index (χ2n) is 9.42. The maximum atomic E-state index is 13.0. The third-order valence-electron chi connectivity index (χ3n) is 6.59. The van der Waals surface area contributed by atoms with E-state index in [1.54, 1.807) is 0 Å². The highest BCUT2D eigenvalue weighted by molar-refractivity contribution is 5.94. The SMILES string of the molecule is CCN(Cc1ccc(C(=O)N2CCC(C(=O)N3CC(C)OC(C)C3)CC2)cc1)C(C)C. The van der Waals surface area contributed by atoms with E-state index < -0.39 is 0 Å². The van der Waals surface area contributed by atoms with Crippen LogP contribution in [0.5, 0.6) is 0 Å². The number of likely N-dealkylation sites (tertiary alicyclic amines) is 1. The van der Waals surface area contributed by atoms with Crippen LogP contribution in [0, 0.1) is 5.92 Å². The number of benzene rings is 1. The van der Waals surface area contributed by atoms with Crippen molar-refractivity contribution in [2.24, 2.45) is 5.92 Å². The fourth-order valence-corrected chi connectivity index (χ4v) is 4.77. The number of hydrogen-bond acceptors (Lipinski definition) is 4. The van der Waals surface area contributed by atoms with E-state index in [4.69, 9.17) is 4.74 Å². The second-order valence-corrected chi connectivity index (χ2v) is 9.42. The minimum absolute atomic E-state index is 0.0139. The van der Waals surface area contributed by atoms with E-state index in [-0.39, 0.29) is 29.9 Å². The van der Waals surface area contributed by atoms with Crippen molar-refractivity contribution in [3.63, 3.8) is 0 Å². The molecule has 172 valence electrons. The first-order chi connectivity index (χ1) is 14.8. The lowest BCUT2D eigenvalue weighted by molar-refractivity contribution is -0.148. The summed E-state index contributed by atoms with van der Waals surface area (Å²) in [5.41, 5.74) is 1.96. The Balaban J connectivity index is 1.52. The minimum Gasteiger partial charge on any atom is -0.372 e. The molecule has 2 heterocycles. The van der Waals surface area contributed by atoms with Gasteiger partial charge in [-0.25, -0.2) is 0 Å². The summed E-state index contributed by atoms with van der Waals surface area (Å²) in [5.74, 6) is 0.311. The lowest BCUT2D eigenvalue weighted by Crippen LogP contribution is -2.51. The van der Waals surface area contributed by atoms with Crippen molar-refractivity contribution in [2.75, 3.05) is 32.7 Å². The van der Waals surface area contributed by atoms with Crippen molar-refractivity contribution in [3.05, 3.63) is 35.4 Å². The maximum absolute atomic E-state index is 13.0. The molecule has 0 N–H and O–H groups in total. The van der Waals surface area contributed by atoms with Crippen LogP contribution in [-0.2, 0) is 16.1 Å². The second kappa shape index (κ2) is 10.6. The molecule has 2 fully saturated rings. The van der Waals surface area contributed by atoms with Gasteiger partial charge in [-0.1, -0.05) is 19.1 Å². The summed E-state index contributed by atoms with van der Waals surface area (Å²) in [6.45, 7) is 15.1. The average molecular weight is 430 g/mol. The lowest BCUT2D eigenvalue weighted by atomic mass is 9.94. The molecule has 2 aliphatic rings. The van der Waals surface area contributed by atoms with E-state index in [2.05, 4.69) is 37.8 Å². The Morgan fingerprint density at radius 1 is 1.03 bits per heavy atom. The third kappa shape index (κ3) is 6.07. The van der Waals surface area contributed by atoms with Gasteiger partial charge in [0.05, 0.1) is 12.2 Å². The molecule has 6 heteroatoms. The van der Waals surface area contributed by atoms with Gasteiger partial charge >= 0.3 is 0 Å². The molecule has 2 unspecified atom stereocenters. The summed E-state index contributed by atoms with van der Waals surface area (Å²) >= 11 is 0. The molecule has 1 aromatic rings. The number of rotatable bonds is 6. The van der Waals surface area contributed by atoms with Crippen molar-refractivity contribution < 1.29 is 14.3 Å². The van der Waals surface area contributed by atoms with E-state index in [9.17, 15) is 9.59 Å². The highest BCUT2D eigenvalue weighted by Crippen LogP contribution is 2.23. The smallest absolute Gasteiger partial charge is 0.253 e. The fourth-order valence-electron chi connectivity index (χ4n) is 4.77. The van der Waals surface area contributed by atoms with Gasteiger partial charge in [0.2, 0.25) is 5.91 Å². The van der Waals surface area contributed by atoms with Crippen LogP contribution in [0.4, 0.5) is 0 Å². The highest BCUT2D eigenvalue weighted by Gasteiger charge is 2.33. The zero-order chi connectivity index (χ0) is 22.5. The van der Waals surface area contributed by atoms with Crippen LogP contribution >= 0.6 is 0 Å². The number of piperidine rings is 1. The number of nitrogens with zero attached hydrogens (tertiary/aromatic N) is 3. The van der Waals surface area contributed by atoms with Crippen molar-refractivity contribution >= 4 is 11.8 Å². The molecule has 2 atom stereocenters. The quantitative estimate of drug-likeness (QED) is 0.695. The van der Waals surface area contributed by atoms with E-state index in [0.29, 0.717) is 32.2 Å². The molecule has 0 saturated carbocycles. The van der Waals surface area contributed by atoms with E-state index >= 15 is 0 Å². The van der Waals surface area contributed by atoms with Crippen molar-refractivity contribution in [1.29, 1.82) is 0 Å². The number of carbonyl (C=O) groups is 2. The van der Waals surface area contributed by atoms with Gasteiger partial charge in [0.15, 0.2) is 0 Å². The molecule has 0 spiro atoms. The first-order valence-corrected chi connectivity index (χ1v) is 11.8. The van der Waals surface area contributed by atoms with Gasteiger partial charge in [-0.3, -0.25) is 14.5 Å². The largest absolute Gasteiger partial charge is 0.372 e. The summed E-state index contributed by atoms with van der Waals surface area (Å²) in [5, 5.41) is 0. The van der Waals surface area contributed by atoms with Gasteiger partial charge in [0, 0.05) is 50.2 Å². The highest BCUT2D eigenvalue weighted by atomic mass is 16.5. The molecule has 0 radical (unpaired) electrons. The van der Waals surface area contributed by atoms with Crippen molar-refractivity contribution in [2.45, 2.75) is 72.3 Å². The van der Waals surface area contributed by atoms with Crippen molar-refractivity contribution in [1.82, 2.24) is 14.7 Å². The Kier molecular flexibility index (Phi) is 8.11. The molecule has 31 heavy (non-hydrogen) atoms. The Labute approximate surface area is 187 Å². The molecule has 3 rings (SSSR count). The summed E-state index contributed by atoms with van der Waals surface area (Å²) in [6, 6.07) is 8.52. The minimum atomic E-state index is 0.0139. The standard InChI is InChI=1S/C25H39N3O3/c1-6-26(18(2)3)17-21-7-9-22(10-8-21)24(29)27-13-11-23(12-14-27)25(30)28-15-19(4)31-20(5)16-28/h7-10,18-20,23H,6,11-17H2,1-5H3. The van der Waals surface area contributed by atoms with Gasteiger partial charge in [-0.15, -0.1) is 0 Å². The predicted molar refractivity (Wildman–Crippen MR) is 123 cm³/mol. The molecular formula is C25H39N3O3. The van der Waals surface area contributed by atoms with Gasteiger partial charge < -0.3 is 14.5 Å². The fraction of sp³-hybridized carbons (Fsp3) is 0.680. The van der Waals surface area contributed by atoms with Crippen LogP contribution in [0.1, 0.15) is 63.4 Å². The Morgan fingerprint density at radius 2 is 1.61 bits per heavy atom. The molecule has 0 aliphatic carbocycles. The molecule has 0 bridgehead atoms. The zero-order valence-electron chi connectivity index (χ0n) is 19.8. The van der Waals surface area contributed by atoms with Crippen LogP contribution in [0.3, 0.4) is 0 Å². The van der Waals surface area contributed by atoms with Crippen LogP contribution in [0.15, 0.2) is 24.3 Å². The molecule has 2 saturated heterocycles. The predicted octanol–water partition coefficient (Wildman–Crippen LogP) is 3.40. The monoisotopic (exact) mass is 429 g/mol. The van der Waals surface area contributed by atoms with E-state index in [0.717, 1.165) is 31.5 Å². The number of amides is 2. The molecule has 2 aliphatic heterocycles. The van der Waals surface area contributed by atoms with Gasteiger partial charge in [-0.05, 0) is 64.8 Å². The summed E-state index contributed by atoms with van der Waals surface area (Å²) in [6.07, 6.45) is 1.65. The Bertz CT molecular complexity index is 731. The number of morpholine rings is 1.